The van der Waals surface area contributed by atoms with Crippen LogP contribution in [-0.2, 0) is 0 Å². The number of aromatic nitrogens is 3. The highest BCUT2D eigenvalue weighted by Crippen LogP contribution is 2.25. The summed E-state index contributed by atoms with van der Waals surface area (Å²) < 4.78 is 5.19. The largest absolute Gasteiger partial charge is 0.351 e. The lowest BCUT2D eigenvalue weighted by Crippen LogP contribution is -2.13. The average Bonchev–Trinajstić information content (AvgIpc) is 3.22. The van der Waals surface area contributed by atoms with Crippen LogP contribution in [0.3, 0.4) is 0 Å². The molecule has 0 spiro atoms. The van der Waals surface area contributed by atoms with E-state index in [0.29, 0.717) is 28.1 Å². The normalized spacial score (nSPS) is 11.0. The van der Waals surface area contributed by atoms with Crippen LogP contribution in [-0.4, -0.2) is 21.0 Å². The van der Waals surface area contributed by atoms with Crippen LogP contribution >= 0.6 is 11.6 Å². The lowest BCUT2D eigenvalue weighted by Gasteiger charge is -2.08. The first-order valence-electron chi connectivity index (χ1n) is 8.00. The van der Waals surface area contributed by atoms with Crippen LogP contribution in [0.5, 0.6) is 0 Å². The molecule has 2 aromatic heterocycles. The molecule has 2 heterocycles. The molecule has 0 aliphatic carbocycles. The van der Waals surface area contributed by atoms with Gasteiger partial charge in [0.2, 0.25) is 0 Å². The SMILES string of the molecule is Cc1noc(-c2ccc(C)c(NC(=O)c3cc4cc(Cl)ccc4[nH]3)c2)n1. The molecule has 0 saturated heterocycles. The molecular weight excluding hydrogens is 352 g/mol. The Balaban J connectivity index is 1.64. The lowest BCUT2D eigenvalue weighted by molar-refractivity contribution is 0.102. The molecule has 0 aliphatic rings. The van der Waals surface area contributed by atoms with Gasteiger partial charge < -0.3 is 14.8 Å². The molecule has 4 aromatic rings. The van der Waals surface area contributed by atoms with Gasteiger partial charge in [-0.05, 0) is 55.8 Å². The summed E-state index contributed by atoms with van der Waals surface area (Å²) >= 11 is 6.00. The number of nitrogens with zero attached hydrogens (tertiary/aromatic N) is 2. The summed E-state index contributed by atoms with van der Waals surface area (Å²) in [7, 11) is 0. The van der Waals surface area contributed by atoms with E-state index in [1.807, 2.05) is 37.3 Å². The van der Waals surface area contributed by atoms with Gasteiger partial charge in [0.1, 0.15) is 5.69 Å². The molecule has 7 heteroatoms. The molecular formula is C19H15ClN4O2. The van der Waals surface area contributed by atoms with Gasteiger partial charge in [0.15, 0.2) is 5.82 Å². The number of H-pyrrole nitrogens is 1. The third-order valence-corrected chi connectivity index (χ3v) is 4.32. The van der Waals surface area contributed by atoms with Crippen molar-refractivity contribution in [2.24, 2.45) is 0 Å². The van der Waals surface area contributed by atoms with Gasteiger partial charge >= 0.3 is 0 Å². The Morgan fingerprint density at radius 2 is 2.00 bits per heavy atom. The zero-order valence-electron chi connectivity index (χ0n) is 14.1. The molecule has 130 valence electrons. The van der Waals surface area contributed by atoms with Crippen molar-refractivity contribution in [3.63, 3.8) is 0 Å². The highest BCUT2D eigenvalue weighted by Gasteiger charge is 2.13. The first-order chi connectivity index (χ1) is 12.5. The van der Waals surface area contributed by atoms with Crippen LogP contribution in [0.4, 0.5) is 5.69 Å². The summed E-state index contributed by atoms with van der Waals surface area (Å²) in [5, 5.41) is 8.23. The van der Waals surface area contributed by atoms with Gasteiger partial charge in [-0.3, -0.25) is 4.79 Å². The van der Waals surface area contributed by atoms with Crippen molar-refractivity contribution < 1.29 is 9.32 Å². The minimum Gasteiger partial charge on any atom is -0.351 e. The number of fused-ring (bicyclic) bond motifs is 1. The number of hydrogen-bond donors (Lipinski definition) is 2. The molecule has 0 saturated carbocycles. The van der Waals surface area contributed by atoms with E-state index in [2.05, 4.69) is 20.4 Å². The Labute approximate surface area is 154 Å². The Morgan fingerprint density at radius 3 is 2.77 bits per heavy atom. The summed E-state index contributed by atoms with van der Waals surface area (Å²) in [6.07, 6.45) is 0. The van der Waals surface area contributed by atoms with Crippen molar-refractivity contribution in [2.75, 3.05) is 5.32 Å². The van der Waals surface area contributed by atoms with Crippen LogP contribution < -0.4 is 5.32 Å². The topological polar surface area (TPSA) is 83.8 Å². The predicted molar refractivity (Wildman–Crippen MR) is 100 cm³/mol. The van der Waals surface area contributed by atoms with E-state index in [9.17, 15) is 4.79 Å². The average molecular weight is 367 g/mol. The monoisotopic (exact) mass is 366 g/mol. The summed E-state index contributed by atoms with van der Waals surface area (Å²) in [6, 6.07) is 12.8. The third-order valence-electron chi connectivity index (χ3n) is 4.09. The molecule has 6 nitrogen and oxygen atoms in total. The van der Waals surface area contributed by atoms with Gasteiger partial charge in [-0.1, -0.05) is 22.8 Å². The molecule has 26 heavy (non-hydrogen) atoms. The second-order valence-corrected chi connectivity index (χ2v) is 6.48. The number of aromatic amines is 1. The van der Waals surface area contributed by atoms with Crippen molar-refractivity contribution in [2.45, 2.75) is 13.8 Å². The first kappa shape index (κ1) is 16.4. The van der Waals surface area contributed by atoms with E-state index in [0.717, 1.165) is 22.0 Å². The van der Waals surface area contributed by atoms with Gasteiger partial charge in [-0.25, -0.2) is 0 Å². The van der Waals surface area contributed by atoms with Gasteiger partial charge in [-0.2, -0.15) is 4.98 Å². The zero-order chi connectivity index (χ0) is 18.3. The molecule has 4 rings (SSSR count). The molecule has 0 radical (unpaired) electrons. The molecule has 0 fully saturated rings. The van der Waals surface area contributed by atoms with Gasteiger partial charge in [0, 0.05) is 27.2 Å². The van der Waals surface area contributed by atoms with E-state index in [1.54, 1.807) is 19.1 Å². The van der Waals surface area contributed by atoms with E-state index < -0.39 is 0 Å². The quantitative estimate of drug-likeness (QED) is 0.548. The number of aryl methyl sites for hydroxylation is 2. The van der Waals surface area contributed by atoms with Crippen LogP contribution in [0.25, 0.3) is 22.4 Å². The molecule has 0 aliphatic heterocycles. The highest BCUT2D eigenvalue weighted by atomic mass is 35.5. The van der Waals surface area contributed by atoms with Gasteiger partial charge in [-0.15, -0.1) is 0 Å². The summed E-state index contributed by atoms with van der Waals surface area (Å²) in [5.74, 6) is 0.737. The van der Waals surface area contributed by atoms with Crippen molar-refractivity contribution in [1.29, 1.82) is 0 Å². The Bertz CT molecular complexity index is 1130. The maximum absolute atomic E-state index is 12.6. The maximum atomic E-state index is 12.6. The minimum atomic E-state index is -0.237. The first-order valence-corrected chi connectivity index (χ1v) is 8.38. The van der Waals surface area contributed by atoms with Crippen molar-refractivity contribution in [3.8, 4) is 11.5 Å². The highest BCUT2D eigenvalue weighted by molar-refractivity contribution is 6.31. The predicted octanol–water partition coefficient (Wildman–Crippen LogP) is 4.74. The zero-order valence-corrected chi connectivity index (χ0v) is 14.9. The number of rotatable bonds is 3. The third kappa shape index (κ3) is 3.07. The second-order valence-electron chi connectivity index (χ2n) is 6.05. The molecule has 1 amide bonds. The van der Waals surface area contributed by atoms with Crippen molar-refractivity contribution in [1.82, 2.24) is 15.1 Å². The van der Waals surface area contributed by atoms with E-state index in [-0.39, 0.29) is 5.91 Å². The fourth-order valence-corrected chi connectivity index (χ4v) is 2.90. The van der Waals surface area contributed by atoms with Gasteiger partial charge in [0.25, 0.3) is 11.8 Å². The van der Waals surface area contributed by atoms with Crippen molar-refractivity contribution >= 4 is 34.1 Å². The van der Waals surface area contributed by atoms with Crippen LogP contribution in [0, 0.1) is 13.8 Å². The lowest BCUT2D eigenvalue weighted by atomic mass is 10.1. The molecule has 2 N–H and O–H groups in total. The molecule has 0 bridgehead atoms. The molecule has 0 unspecified atom stereocenters. The maximum Gasteiger partial charge on any atom is 0.272 e. The van der Waals surface area contributed by atoms with Crippen LogP contribution in [0.2, 0.25) is 5.02 Å². The number of halogens is 1. The Morgan fingerprint density at radius 1 is 1.15 bits per heavy atom. The standard InChI is InChI=1S/C19H15ClN4O2/c1-10-3-4-12(19-21-11(2)24-26-19)8-16(10)23-18(25)17-9-13-7-14(20)5-6-15(13)22-17/h3-9,22H,1-2H3,(H,23,25). The number of anilines is 1. The summed E-state index contributed by atoms with van der Waals surface area (Å²) in [6.45, 7) is 3.68. The van der Waals surface area contributed by atoms with Gasteiger partial charge in [0.05, 0.1) is 0 Å². The number of carbonyl (C=O) groups excluding carboxylic acids is 1. The van der Waals surface area contributed by atoms with E-state index >= 15 is 0 Å². The number of benzene rings is 2. The van der Waals surface area contributed by atoms with Crippen LogP contribution in [0.15, 0.2) is 47.0 Å². The minimum absolute atomic E-state index is 0.237. The molecule has 0 atom stereocenters. The number of amides is 1. The fraction of sp³-hybridized carbons (Fsp3) is 0.105. The fourth-order valence-electron chi connectivity index (χ4n) is 2.72. The number of hydrogen-bond acceptors (Lipinski definition) is 4. The number of carbonyl (C=O) groups is 1. The Kier molecular flexibility index (Phi) is 3.97. The van der Waals surface area contributed by atoms with Crippen LogP contribution in [0.1, 0.15) is 21.9 Å². The summed E-state index contributed by atoms with van der Waals surface area (Å²) in [4.78, 5) is 20.0. The van der Waals surface area contributed by atoms with E-state index in [4.69, 9.17) is 16.1 Å². The summed E-state index contributed by atoms with van der Waals surface area (Å²) in [5.41, 5.74) is 3.67. The smallest absolute Gasteiger partial charge is 0.272 e. The van der Waals surface area contributed by atoms with Crippen molar-refractivity contribution in [3.05, 3.63) is 64.6 Å². The second kappa shape index (κ2) is 6.31. The number of nitrogens with one attached hydrogen (secondary N) is 2. The van der Waals surface area contributed by atoms with E-state index in [1.165, 1.54) is 0 Å². The molecule has 2 aromatic carbocycles. The Hall–Kier alpha value is -3.12.